The highest BCUT2D eigenvalue weighted by Gasteiger charge is 2.28. The van der Waals surface area contributed by atoms with Gasteiger partial charge in [-0.2, -0.15) is 5.10 Å². The van der Waals surface area contributed by atoms with E-state index < -0.39 is 0 Å². The van der Waals surface area contributed by atoms with Crippen molar-refractivity contribution in [3.8, 4) is 16.9 Å². The molecular formula is C18H14FN3O. The Bertz CT molecular complexity index is 869. The molecule has 23 heavy (non-hydrogen) atoms. The van der Waals surface area contributed by atoms with Gasteiger partial charge in [-0.25, -0.2) is 9.07 Å². The average molecular weight is 307 g/mol. The van der Waals surface area contributed by atoms with Crippen molar-refractivity contribution in [2.45, 2.75) is 19.3 Å². The molecule has 0 aliphatic heterocycles. The SMILES string of the molecule is O=C1CCCc2c1c(-c1cccnc1)nn2-c1ccc(F)cc1. The molecular weight excluding hydrogens is 293 g/mol. The average Bonchev–Trinajstić information content (AvgIpc) is 2.97. The zero-order valence-electron chi connectivity index (χ0n) is 12.4. The molecule has 4 rings (SSSR count). The minimum atomic E-state index is -0.293. The number of nitrogens with zero attached hydrogens (tertiary/aromatic N) is 3. The van der Waals surface area contributed by atoms with Crippen molar-refractivity contribution in [2.75, 3.05) is 0 Å². The molecule has 1 aliphatic rings. The van der Waals surface area contributed by atoms with Crippen molar-refractivity contribution in [1.82, 2.24) is 14.8 Å². The molecule has 1 aliphatic carbocycles. The summed E-state index contributed by atoms with van der Waals surface area (Å²) >= 11 is 0. The quantitative estimate of drug-likeness (QED) is 0.727. The summed E-state index contributed by atoms with van der Waals surface area (Å²) in [5.41, 5.74) is 3.80. The molecule has 0 N–H and O–H groups in total. The lowest BCUT2D eigenvalue weighted by atomic mass is 9.92. The Morgan fingerprint density at radius 1 is 1.09 bits per heavy atom. The number of fused-ring (bicyclic) bond motifs is 1. The van der Waals surface area contributed by atoms with Gasteiger partial charge in [-0.1, -0.05) is 0 Å². The molecule has 0 saturated carbocycles. The molecule has 0 fully saturated rings. The van der Waals surface area contributed by atoms with E-state index in [2.05, 4.69) is 10.1 Å². The second kappa shape index (κ2) is 5.43. The van der Waals surface area contributed by atoms with Crippen molar-refractivity contribution in [1.29, 1.82) is 0 Å². The molecule has 114 valence electrons. The van der Waals surface area contributed by atoms with Crippen molar-refractivity contribution in [3.05, 3.63) is 65.9 Å². The lowest BCUT2D eigenvalue weighted by Gasteiger charge is -2.13. The van der Waals surface area contributed by atoms with Crippen LogP contribution in [0.4, 0.5) is 4.39 Å². The van der Waals surface area contributed by atoms with Gasteiger partial charge >= 0.3 is 0 Å². The first-order chi connectivity index (χ1) is 11.2. The number of pyridine rings is 1. The summed E-state index contributed by atoms with van der Waals surface area (Å²) in [4.78, 5) is 16.6. The minimum absolute atomic E-state index is 0.110. The Hall–Kier alpha value is -2.82. The van der Waals surface area contributed by atoms with Crippen LogP contribution < -0.4 is 0 Å². The van der Waals surface area contributed by atoms with Gasteiger partial charge in [0.2, 0.25) is 0 Å². The van der Waals surface area contributed by atoms with Crippen LogP contribution in [-0.2, 0) is 6.42 Å². The first-order valence-corrected chi connectivity index (χ1v) is 7.55. The van der Waals surface area contributed by atoms with Gasteiger partial charge in [-0.3, -0.25) is 9.78 Å². The standard InChI is InChI=1S/C18H14FN3O/c19-13-6-8-14(9-7-13)22-15-4-1-5-16(23)17(15)18(21-22)12-3-2-10-20-11-12/h2-3,6-11H,1,4-5H2. The maximum Gasteiger partial charge on any atom is 0.166 e. The third-order valence-corrected chi connectivity index (χ3v) is 4.08. The predicted octanol–water partition coefficient (Wildman–Crippen LogP) is 3.59. The number of Topliss-reactive ketones (excluding diaryl/α,β-unsaturated/α-hetero) is 1. The van der Waals surface area contributed by atoms with Gasteiger partial charge in [0.1, 0.15) is 11.5 Å². The fraction of sp³-hybridized carbons (Fsp3) is 0.167. The highest BCUT2D eigenvalue weighted by Crippen LogP contribution is 2.32. The largest absolute Gasteiger partial charge is 0.294 e. The Kier molecular flexibility index (Phi) is 3.26. The number of carbonyl (C=O) groups excluding carboxylic acids is 1. The second-order valence-electron chi connectivity index (χ2n) is 5.58. The number of rotatable bonds is 2. The summed E-state index contributed by atoms with van der Waals surface area (Å²) in [6, 6.07) is 9.87. The van der Waals surface area contributed by atoms with E-state index in [0.717, 1.165) is 29.8 Å². The Morgan fingerprint density at radius 2 is 1.91 bits per heavy atom. The van der Waals surface area contributed by atoms with Crippen LogP contribution in [0.2, 0.25) is 0 Å². The lowest BCUT2D eigenvalue weighted by Crippen LogP contribution is -2.13. The molecule has 2 aromatic heterocycles. The van der Waals surface area contributed by atoms with Crippen LogP contribution in [0.1, 0.15) is 28.9 Å². The molecule has 4 nitrogen and oxygen atoms in total. The molecule has 0 atom stereocenters. The first-order valence-electron chi connectivity index (χ1n) is 7.55. The van der Waals surface area contributed by atoms with E-state index in [1.165, 1.54) is 12.1 Å². The van der Waals surface area contributed by atoms with Gasteiger partial charge in [0.05, 0.1) is 16.9 Å². The molecule has 0 spiro atoms. The second-order valence-corrected chi connectivity index (χ2v) is 5.58. The molecule has 0 unspecified atom stereocenters. The van der Waals surface area contributed by atoms with Crippen molar-refractivity contribution in [3.63, 3.8) is 0 Å². The normalized spacial score (nSPS) is 13.9. The van der Waals surface area contributed by atoms with Crippen LogP contribution in [0.3, 0.4) is 0 Å². The maximum atomic E-state index is 13.2. The fourth-order valence-corrected chi connectivity index (χ4v) is 3.02. The van der Waals surface area contributed by atoms with Crippen LogP contribution in [0.5, 0.6) is 0 Å². The smallest absolute Gasteiger partial charge is 0.166 e. The molecule has 0 amide bonds. The van der Waals surface area contributed by atoms with Crippen LogP contribution >= 0.6 is 0 Å². The number of hydrogen-bond acceptors (Lipinski definition) is 3. The van der Waals surface area contributed by atoms with E-state index in [-0.39, 0.29) is 11.6 Å². The number of aromatic nitrogens is 3. The number of benzene rings is 1. The van der Waals surface area contributed by atoms with Gasteiger partial charge in [0.25, 0.3) is 0 Å². The molecule has 3 aromatic rings. The number of halogens is 1. The Morgan fingerprint density at radius 3 is 2.65 bits per heavy atom. The molecule has 0 bridgehead atoms. The Labute approximate surface area is 132 Å². The third kappa shape index (κ3) is 2.34. The number of carbonyl (C=O) groups is 1. The summed E-state index contributed by atoms with van der Waals surface area (Å²) in [6.45, 7) is 0. The van der Waals surface area contributed by atoms with Gasteiger partial charge in [-0.15, -0.1) is 0 Å². The van der Waals surface area contributed by atoms with E-state index in [4.69, 9.17) is 0 Å². The topological polar surface area (TPSA) is 47.8 Å². The first kappa shape index (κ1) is 13.8. The molecule has 0 saturated heterocycles. The van der Waals surface area contributed by atoms with Gasteiger partial charge < -0.3 is 0 Å². The summed E-state index contributed by atoms with van der Waals surface area (Å²) in [5, 5.41) is 4.65. The maximum absolute atomic E-state index is 13.2. The summed E-state index contributed by atoms with van der Waals surface area (Å²) in [7, 11) is 0. The van der Waals surface area contributed by atoms with E-state index in [1.807, 2.05) is 12.1 Å². The molecule has 2 heterocycles. The highest BCUT2D eigenvalue weighted by molar-refractivity contribution is 6.03. The van der Waals surface area contributed by atoms with E-state index in [1.54, 1.807) is 29.2 Å². The summed E-state index contributed by atoms with van der Waals surface area (Å²) in [5.74, 6) is -0.184. The minimum Gasteiger partial charge on any atom is -0.294 e. The zero-order valence-corrected chi connectivity index (χ0v) is 12.4. The van der Waals surface area contributed by atoms with Crippen molar-refractivity contribution in [2.24, 2.45) is 0 Å². The van der Waals surface area contributed by atoms with E-state index in [9.17, 15) is 9.18 Å². The predicted molar refractivity (Wildman–Crippen MR) is 84.0 cm³/mol. The molecule has 0 radical (unpaired) electrons. The number of ketones is 1. The monoisotopic (exact) mass is 307 g/mol. The van der Waals surface area contributed by atoms with Crippen molar-refractivity contribution >= 4 is 5.78 Å². The van der Waals surface area contributed by atoms with Crippen molar-refractivity contribution < 1.29 is 9.18 Å². The van der Waals surface area contributed by atoms with Crippen LogP contribution in [-0.4, -0.2) is 20.5 Å². The van der Waals surface area contributed by atoms with Crippen LogP contribution in [0.15, 0.2) is 48.8 Å². The summed E-state index contributed by atoms with van der Waals surface area (Å²) < 4.78 is 14.9. The molecule has 1 aromatic carbocycles. The van der Waals surface area contributed by atoms with E-state index >= 15 is 0 Å². The van der Waals surface area contributed by atoms with Gasteiger partial charge in [-0.05, 0) is 49.2 Å². The van der Waals surface area contributed by atoms with E-state index in [0.29, 0.717) is 17.7 Å². The highest BCUT2D eigenvalue weighted by atomic mass is 19.1. The zero-order chi connectivity index (χ0) is 15.8. The van der Waals surface area contributed by atoms with Crippen LogP contribution in [0, 0.1) is 5.82 Å². The Balaban J connectivity index is 1.94. The van der Waals surface area contributed by atoms with Gasteiger partial charge in [0, 0.05) is 24.4 Å². The van der Waals surface area contributed by atoms with Crippen LogP contribution in [0.25, 0.3) is 16.9 Å². The number of hydrogen-bond donors (Lipinski definition) is 0. The fourth-order valence-electron chi connectivity index (χ4n) is 3.02. The molecule has 5 heteroatoms. The lowest BCUT2D eigenvalue weighted by molar-refractivity contribution is 0.0973. The van der Waals surface area contributed by atoms with Gasteiger partial charge in [0.15, 0.2) is 5.78 Å². The third-order valence-electron chi connectivity index (χ3n) is 4.08. The summed E-state index contributed by atoms with van der Waals surface area (Å²) in [6.07, 6.45) is 5.53.